The second-order valence-electron chi connectivity index (χ2n) is 7.70. The first kappa shape index (κ1) is 23.0. The van der Waals surface area contributed by atoms with Crippen molar-refractivity contribution >= 4 is 60.6 Å². The maximum absolute atomic E-state index is 12.6. The lowest BCUT2D eigenvalue weighted by atomic mass is 9.87. The molecule has 0 bridgehead atoms. The van der Waals surface area contributed by atoms with E-state index in [2.05, 4.69) is 66.1 Å². The molecule has 2 N–H and O–H groups in total. The maximum atomic E-state index is 12.6. The lowest BCUT2D eigenvalue weighted by Crippen LogP contribution is -2.14. The third-order valence-electron chi connectivity index (χ3n) is 4.43. The van der Waals surface area contributed by atoms with E-state index < -0.39 is 11.5 Å². The van der Waals surface area contributed by atoms with Crippen LogP contribution in [0, 0.1) is 10.8 Å². The predicted molar refractivity (Wildman–Crippen MR) is 127 cm³/mol. The summed E-state index contributed by atoms with van der Waals surface area (Å²) in [6.45, 7) is 6.56. The van der Waals surface area contributed by atoms with Crippen LogP contribution in [0.3, 0.4) is 0 Å². The lowest BCUT2D eigenvalue weighted by Gasteiger charge is -2.19. The van der Waals surface area contributed by atoms with Crippen molar-refractivity contribution in [2.75, 3.05) is 0 Å². The van der Waals surface area contributed by atoms with E-state index >= 15 is 0 Å². The summed E-state index contributed by atoms with van der Waals surface area (Å²) in [4.78, 5) is 0.970. The fraction of sp³-hybridized carbons (Fsp3) is 0.286. The van der Waals surface area contributed by atoms with Crippen molar-refractivity contribution in [1.29, 1.82) is 10.8 Å². The molecule has 0 amide bonds. The first-order valence-electron chi connectivity index (χ1n) is 9.09. The normalized spacial score (nSPS) is 12.0. The highest BCUT2D eigenvalue weighted by atomic mass is 79.9. The molecule has 158 valence electrons. The molecule has 0 aliphatic carbocycles. The predicted octanol–water partition coefficient (Wildman–Crippen LogP) is 7.15. The molecule has 9 heteroatoms. The number of rotatable bonds is 4. The Bertz CT molecular complexity index is 1090. The number of thioether (sulfide) groups is 2. The van der Waals surface area contributed by atoms with E-state index in [0.29, 0.717) is 17.3 Å². The van der Waals surface area contributed by atoms with Crippen LogP contribution < -0.4 is 0 Å². The van der Waals surface area contributed by atoms with Crippen LogP contribution in [0.5, 0.6) is 0 Å². The van der Waals surface area contributed by atoms with Gasteiger partial charge in [0.25, 0.3) is 6.43 Å². The highest BCUT2D eigenvalue weighted by Gasteiger charge is 2.18. The molecule has 2 aromatic carbocycles. The van der Waals surface area contributed by atoms with E-state index in [1.54, 1.807) is 18.0 Å². The van der Waals surface area contributed by atoms with Crippen LogP contribution in [0.1, 0.15) is 31.9 Å². The Hall–Kier alpha value is -1.71. The third kappa shape index (κ3) is 5.31. The monoisotopic (exact) mass is 510 g/mol. The molecule has 0 radical (unpaired) electrons. The van der Waals surface area contributed by atoms with Crippen molar-refractivity contribution in [2.45, 2.75) is 43.3 Å². The molecule has 0 fully saturated rings. The van der Waals surface area contributed by atoms with E-state index in [1.165, 1.54) is 15.8 Å². The summed E-state index contributed by atoms with van der Waals surface area (Å²) in [6, 6.07) is 12.4. The number of hydrogen-bond donors (Lipinski definition) is 2. The summed E-state index contributed by atoms with van der Waals surface area (Å²) >= 11 is 5.58. The van der Waals surface area contributed by atoms with E-state index in [-0.39, 0.29) is 10.6 Å². The molecule has 0 unspecified atom stereocenters. The standard InChI is InChI=1S/C21H21BrF2N4S2/c1-21(2,3)13-6-4-12(5-7-13)11-29-14-8-16(22)15-10-27-28(17(15)9-14)20(26)30-19(25)18(23)24/h4-10,18,25-26H,11H2,1-3H3. The minimum Gasteiger partial charge on any atom is -0.293 e. The van der Waals surface area contributed by atoms with Gasteiger partial charge in [-0.15, -0.1) is 11.8 Å². The zero-order valence-electron chi connectivity index (χ0n) is 16.7. The van der Waals surface area contributed by atoms with Gasteiger partial charge in [-0.25, -0.2) is 13.5 Å². The minimum atomic E-state index is -2.90. The Labute approximate surface area is 191 Å². The van der Waals surface area contributed by atoms with Crippen LogP contribution in [0.15, 0.2) is 52.0 Å². The Kier molecular flexibility index (Phi) is 7.04. The zero-order valence-corrected chi connectivity index (χ0v) is 19.9. The number of nitrogens with zero attached hydrogens (tertiary/aromatic N) is 2. The maximum Gasteiger partial charge on any atom is 0.286 e. The van der Waals surface area contributed by atoms with E-state index in [4.69, 9.17) is 10.8 Å². The lowest BCUT2D eigenvalue weighted by molar-refractivity contribution is 0.228. The highest BCUT2D eigenvalue weighted by Crippen LogP contribution is 2.33. The fourth-order valence-corrected chi connectivity index (χ4v) is 4.92. The first-order chi connectivity index (χ1) is 14.1. The van der Waals surface area contributed by atoms with E-state index in [0.717, 1.165) is 20.5 Å². The SMILES string of the molecule is CC(C)(C)c1ccc(CSc2cc(Br)c3cnn(C(=N)SC(=N)C(F)F)c3c2)cc1. The average Bonchev–Trinajstić information content (AvgIpc) is 3.10. The molecule has 30 heavy (non-hydrogen) atoms. The second kappa shape index (κ2) is 9.20. The van der Waals surface area contributed by atoms with Gasteiger partial charge < -0.3 is 0 Å². The Morgan fingerprint density at radius 3 is 2.43 bits per heavy atom. The molecule has 1 aromatic heterocycles. The van der Waals surface area contributed by atoms with Crippen LogP contribution in [-0.2, 0) is 11.2 Å². The van der Waals surface area contributed by atoms with E-state index in [9.17, 15) is 8.78 Å². The Morgan fingerprint density at radius 1 is 1.17 bits per heavy atom. The molecule has 1 heterocycles. The van der Waals surface area contributed by atoms with Crippen LogP contribution in [0.25, 0.3) is 10.9 Å². The number of halogens is 3. The zero-order chi connectivity index (χ0) is 22.1. The number of fused-ring (bicyclic) bond motifs is 1. The molecule has 0 spiro atoms. The van der Waals surface area contributed by atoms with Gasteiger partial charge in [-0.05, 0) is 56.4 Å². The highest BCUT2D eigenvalue weighted by molar-refractivity contribution is 9.10. The van der Waals surface area contributed by atoms with Crippen molar-refractivity contribution < 1.29 is 8.78 Å². The quantitative estimate of drug-likeness (QED) is 0.222. The number of benzene rings is 2. The molecule has 0 aliphatic rings. The van der Waals surface area contributed by atoms with Crippen molar-refractivity contribution in [3.8, 4) is 0 Å². The molecule has 0 saturated heterocycles. The number of hydrogen-bond acceptors (Lipinski definition) is 5. The van der Waals surface area contributed by atoms with Crippen molar-refractivity contribution in [3.63, 3.8) is 0 Å². The molecular weight excluding hydrogens is 490 g/mol. The molecule has 0 aliphatic heterocycles. The van der Waals surface area contributed by atoms with Gasteiger partial charge in [0.15, 0.2) is 5.17 Å². The number of aromatic nitrogens is 2. The summed E-state index contributed by atoms with van der Waals surface area (Å²) in [6.07, 6.45) is -1.32. The van der Waals surface area contributed by atoms with Crippen LogP contribution >= 0.6 is 39.5 Å². The largest absolute Gasteiger partial charge is 0.293 e. The van der Waals surface area contributed by atoms with Gasteiger partial charge in [-0.3, -0.25) is 10.8 Å². The van der Waals surface area contributed by atoms with Gasteiger partial charge >= 0.3 is 0 Å². The average molecular weight is 511 g/mol. The van der Waals surface area contributed by atoms with Crippen LogP contribution in [0.4, 0.5) is 8.78 Å². The molecule has 0 saturated carbocycles. The Morgan fingerprint density at radius 2 is 1.83 bits per heavy atom. The topological polar surface area (TPSA) is 65.5 Å². The van der Waals surface area contributed by atoms with Crippen molar-refractivity contribution in [2.24, 2.45) is 0 Å². The first-order valence-corrected chi connectivity index (χ1v) is 11.7. The number of nitrogens with one attached hydrogen (secondary N) is 2. The summed E-state index contributed by atoms with van der Waals surface area (Å²) in [5.74, 6) is 0.777. The van der Waals surface area contributed by atoms with E-state index in [1.807, 2.05) is 12.1 Å². The van der Waals surface area contributed by atoms with Crippen molar-refractivity contribution in [3.05, 3.63) is 58.2 Å². The van der Waals surface area contributed by atoms with Gasteiger partial charge in [-0.1, -0.05) is 45.0 Å². The Balaban J connectivity index is 1.80. The second-order valence-corrected chi connectivity index (χ2v) is 10.6. The van der Waals surface area contributed by atoms with Gasteiger partial charge in [0.05, 0.1) is 11.7 Å². The molecular formula is C21H21BrF2N4S2. The van der Waals surface area contributed by atoms with Gasteiger partial charge in [0.2, 0.25) is 0 Å². The smallest absolute Gasteiger partial charge is 0.286 e. The van der Waals surface area contributed by atoms with Gasteiger partial charge in [-0.2, -0.15) is 5.10 Å². The molecule has 3 aromatic rings. The van der Waals surface area contributed by atoms with Crippen LogP contribution in [0.2, 0.25) is 0 Å². The summed E-state index contributed by atoms with van der Waals surface area (Å²) < 4.78 is 27.4. The third-order valence-corrected chi connectivity index (χ3v) is 6.90. The minimum absolute atomic E-state index is 0.114. The van der Waals surface area contributed by atoms with Crippen molar-refractivity contribution in [1.82, 2.24) is 9.78 Å². The molecule has 0 atom stereocenters. The fourth-order valence-electron chi connectivity index (χ4n) is 2.76. The summed E-state index contributed by atoms with van der Waals surface area (Å²) in [5.41, 5.74) is 3.24. The number of alkyl halides is 2. The summed E-state index contributed by atoms with van der Waals surface area (Å²) in [7, 11) is 0. The molecule has 3 rings (SSSR count). The summed E-state index contributed by atoms with van der Waals surface area (Å²) in [5, 5.41) is 19.2. The van der Waals surface area contributed by atoms with Gasteiger partial charge in [0.1, 0.15) is 5.04 Å². The van der Waals surface area contributed by atoms with Crippen LogP contribution in [-0.4, -0.2) is 26.4 Å². The van der Waals surface area contributed by atoms with Gasteiger partial charge in [0, 0.05) is 20.5 Å². The molecule has 4 nitrogen and oxygen atoms in total.